The van der Waals surface area contributed by atoms with E-state index in [2.05, 4.69) is 54.5 Å². The summed E-state index contributed by atoms with van der Waals surface area (Å²) in [5.74, 6) is 0.960. The van der Waals surface area contributed by atoms with E-state index in [1.165, 1.54) is 5.69 Å². The van der Waals surface area contributed by atoms with Crippen molar-refractivity contribution in [1.82, 2.24) is 10.3 Å². The molecule has 2 heterocycles. The van der Waals surface area contributed by atoms with Crippen molar-refractivity contribution in [2.45, 2.75) is 46.1 Å². The van der Waals surface area contributed by atoms with Crippen molar-refractivity contribution in [3.05, 3.63) is 59.6 Å². The summed E-state index contributed by atoms with van der Waals surface area (Å²) in [6.45, 7) is 8.09. The number of hydrogen-bond donors (Lipinski definition) is 2. The van der Waals surface area contributed by atoms with Crippen LogP contribution in [0.2, 0.25) is 5.02 Å². The molecule has 0 saturated carbocycles. The first-order valence-corrected chi connectivity index (χ1v) is 11.6. The van der Waals surface area contributed by atoms with Crippen molar-refractivity contribution in [1.29, 1.82) is 0 Å². The summed E-state index contributed by atoms with van der Waals surface area (Å²) in [4.78, 5) is 19.6. The van der Waals surface area contributed by atoms with Gasteiger partial charge in [-0.15, -0.1) is 0 Å². The topological polar surface area (TPSA) is 57.3 Å². The van der Waals surface area contributed by atoms with Crippen LogP contribution < -0.4 is 15.5 Å². The van der Waals surface area contributed by atoms with Gasteiger partial charge in [0, 0.05) is 53.4 Å². The van der Waals surface area contributed by atoms with Crippen LogP contribution in [0.1, 0.15) is 40.0 Å². The number of nitrogens with one attached hydrogen (secondary N) is 2. The molecule has 32 heavy (non-hydrogen) atoms. The number of fused-ring (bicyclic) bond motifs is 1. The van der Waals surface area contributed by atoms with Crippen LogP contribution in [0.4, 0.5) is 17.2 Å². The zero-order valence-electron chi connectivity index (χ0n) is 19.0. The number of nitrogens with zero attached hydrogens (tertiary/aromatic N) is 2. The fraction of sp³-hybridized carbons (Fsp3) is 0.385. The first kappa shape index (κ1) is 22.4. The molecule has 0 atom stereocenters. The second kappa shape index (κ2) is 9.37. The molecule has 0 spiro atoms. The van der Waals surface area contributed by atoms with Crippen LogP contribution in [-0.2, 0) is 4.79 Å². The van der Waals surface area contributed by atoms with Gasteiger partial charge >= 0.3 is 0 Å². The van der Waals surface area contributed by atoms with Crippen molar-refractivity contribution >= 4 is 45.6 Å². The highest BCUT2D eigenvalue weighted by Crippen LogP contribution is 2.32. The van der Waals surface area contributed by atoms with Gasteiger partial charge in [0.05, 0.1) is 5.52 Å². The van der Waals surface area contributed by atoms with Gasteiger partial charge in [0.2, 0.25) is 5.91 Å². The Kier molecular flexibility index (Phi) is 6.56. The maximum atomic E-state index is 12.3. The van der Waals surface area contributed by atoms with Gasteiger partial charge in [-0.05, 0) is 48.6 Å². The summed E-state index contributed by atoms with van der Waals surface area (Å²) < 4.78 is 0. The second-order valence-corrected chi connectivity index (χ2v) is 10.2. The van der Waals surface area contributed by atoms with Crippen molar-refractivity contribution in [3.63, 3.8) is 0 Å². The fourth-order valence-corrected chi connectivity index (χ4v) is 4.31. The highest BCUT2D eigenvalue weighted by atomic mass is 35.5. The third-order valence-corrected chi connectivity index (χ3v) is 5.95. The van der Waals surface area contributed by atoms with Crippen molar-refractivity contribution < 1.29 is 4.79 Å². The number of hydrogen-bond acceptors (Lipinski definition) is 4. The Balaban J connectivity index is 1.50. The van der Waals surface area contributed by atoms with Gasteiger partial charge in [0.15, 0.2) is 0 Å². The number of carbonyl (C=O) groups is 1. The monoisotopic (exact) mass is 450 g/mol. The molecule has 0 aliphatic carbocycles. The van der Waals surface area contributed by atoms with Crippen molar-refractivity contribution in [3.8, 4) is 0 Å². The largest absolute Gasteiger partial charge is 0.371 e. The number of amides is 1. The van der Waals surface area contributed by atoms with Gasteiger partial charge in [0.25, 0.3) is 0 Å². The summed E-state index contributed by atoms with van der Waals surface area (Å²) in [5.41, 5.74) is 3.09. The lowest BCUT2D eigenvalue weighted by Crippen LogP contribution is -2.45. The molecule has 1 amide bonds. The van der Waals surface area contributed by atoms with E-state index in [9.17, 15) is 4.79 Å². The fourth-order valence-electron chi connectivity index (χ4n) is 4.19. The van der Waals surface area contributed by atoms with Crippen LogP contribution in [0, 0.1) is 5.41 Å². The van der Waals surface area contributed by atoms with Crippen LogP contribution in [-0.4, -0.2) is 30.0 Å². The Bertz CT molecular complexity index is 1080. The molecule has 2 aromatic carbocycles. The quantitative estimate of drug-likeness (QED) is 0.489. The van der Waals surface area contributed by atoms with E-state index in [0.29, 0.717) is 11.4 Å². The molecule has 4 rings (SSSR count). The number of aromatic nitrogens is 1. The van der Waals surface area contributed by atoms with E-state index in [4.69, 9.17) is 16.6 Å². The zero-order chi connectivity index (χ0) is 22.7. The Morgan fingerprint density at radius 3 is 2.47 bits per heavy atom. The summed E-state index contributed by atoms with van der Waals surface area (Å²) in [7, 11) is 0. The number of halogens is 1. The Morgan fingerprint density at radius 1 is 1.09 bits per heavy atom. The number of rotatable bonds is 5. The predicted molar refractivity (Wildman–Crippen MR) is 134 cm³/mol. The lowest BCUT2D eigenvalue weighted by atomic mass is 9.91. The molecular formula is C26H31ClN4O. The molecule has 0 bridgehead atoms. The molecule has 3 aromatic rings. The molecular weight excluding hydrogens is 420 g/mol. The Hall–Kier alpha value is -2.79. The van der Waals surface area contributed by atoms with E-state index in [0.717, 1.165) is 48.3 Å². The summed E-state index contributed by atoms with van der Waals surface area (Å²) in [6, 6.07) is 18.2. The van der Waals surface area contributed by atoms with Gasteiger partial charge in [-0.1, -0.05) is 50.6 Å². The molecule has 168 valence electrons. The minimum absolute atomic E-state index is 0.00816. The van der Waals surface area contributed by atoms with E-state index < -0.39 is 0 Å². The third-order valence-electron chi connectivity index (χ3n) is 5.70. The van der Waals surface area contributed by atoms with Crippen LogP contribution in [0.5, 0.6) is 0 Å². The van der Waals surface area contributed by atoms with Crippen molar-refractivity contribution in [2.24, 2.45) is 5.41 Å². The number of pyridine rings is 1. The average molecular weight is 451 g/mol. The minimum atomic E-state index is 0.00816. The third kappa shape index (κ3) is 5.71. The standard InChI is InChI=1S/C26H31ClN4O/c1-26(2,3)17-25(32)29-20-12-14-31(15-13-20)23-16-24(28-19-10-8-18(27)9-11-19)30-22-7-5-4-6-21(22)23/h4-11,16,20H,12-15,17H2,1-3H3,(H,28,30)(H,29,32). The van der Waals surface area contributed by atoms with Crippen LogP contribution >= 0.6 is 11.6 Å². The summed E-state index contributed by atoms with van der Waals surface area (Å²) in [5, 5.41) is 8.49. The Morgan fingerprint density at radius 2 is 1.78 bits per heavy atom. The smallest absolute Gasteiger partial charge is 0.220 e. The van der Waals surface area contributed by atoms with Gasteiger partial charge in [0.1, 0.15) is 5.82 Å². The number of anilines is 3. The molecule has 1 aliphatic heterocycles. The number of carbonyl (C=O) groups excluding carboxylic acids is 1. The molecule has 6 heteroatoms. The average Bonchev–Trinajstić information content (AvgIpc) is 2.74. The van der Waals surface area contributed by atoms with Crippen LogP contribution in [0.3, 0.4) is 0 Å². The lowest BCUT2D eigenvalue weighted by molar-refractivity contribution is -0.123. The van der Waals surface area contributed by atoms with E-state index in [1.807, 2.05) is 36.4 Å². The van der Waals surface area contributed by atoms with Gasteiger partial charge in [-0.2, -0.15) is 0 Å². The Labute approximate surface area is 195 Å². The van der Waals surface area contributed by atoms with E-state index >= 15 is 0 Å². The molecule has 0 radical (unpaired) electrons. The number of piperidine rings is 1. The maximum absolute atomic E-state index is 12.3. The van der Waals surface area contributed by atoms with Gasteiger partial charge < -0.3 is 15.5 Å². The number of benzene rings is 2. The molecule has 1 aromatic heterocycles. The molecule has 1 saturated heterocycles. The summed E-state index contributed by atoms with van der Waals surface area (Å²) >= 11 is 6.02. The molecule has 0 unspecified atom stereocenters. The minimum Gasteiger partial charge on any atom is -0.371 e. The normalized spacial score (nSPS) is 15.1. The highest BCUT2D eigenvalue weighted by Gasteiger charge is 2.24. The SMILES string of the molecule is CC(C)(C)CC(=O)NC1CCN(c2cc(Nc3ccc(Cl)cc3)nc3ccccc23)CC1. The molecule has 1 aliphatic rings. The lowest BCUT2D eigenvalue weighted by Gasteiger charge is -2.35. The predicted octanol–water partition coefficient (Wildman–Crippen LogP) is 6.15. The van der Waals surface area contributed by atoms with Crippen LogP contribution in [0.15, 0.2) is 54.6 Å². The van der Waals surface area contributed by atoms with E-state index in [-0.39, 0.29) is 17.4 Å². The number of para-hydroxylation sites is 1. The van der Waals surface area contributed by atoms with E-state index in [1.54, 1.807) is 0 Å². The maximum Gasteiger partial charge on any atom is 0.220 e. The molecule has 1 fully saturated rings. The van der Waals surface area contributed by atoms with Gasteiger partial charge in [-0.3, -0.25) is 4.79 Å². The highest BCUT2D eigenvalue weighted by molar-refractivity contribution is 6.30. The van der Waals surface area contributed by atoms with Crippen LogP contribution in [0.25, 0.3) is 10.9 Å². The second-order valence-electron chi connectivity index (χ2n) is 9.74. The first-order chi connectivity index (χ1) is 15.3. The summed E-state index contributed by atoms with van der Waals surface area (Å²) in [6.07, 6.45) is 2.43. The zero-order valence-corrected chi connectivity index (χ0v) is 19.7. The van der Waals surface area contributed by atoms with Gasteiger partial charge in [-0.25, -0.2) is 4.98 Å². The van der Waals surface area contributed by atoms with Crippen molar-refractivity contribution in [2.75, 3.05) is 23.3 Å². The molecule has 5 nitrogen and oxygen atoms in total. The first-order valence-electron chi connectivity index (χ1n) is 11.2. The molecule has 2 N–H and O–H groups in total.